The maximum atomic E-state index is 11.8. The van der Waals surface area contributed by atoms with E-state index in [1.54, 1.807) is 13.8 Å². The average Bonchev–Trinajstić information content (AvgIpc) is 2.76. The molecule has 2 rings (SSSR count). The Morgan fingerprint density at radius 3 is 2.58 bits per heavy atom. The van der Waals surface area contributed by atoms with Crippen molar-refractivity contribution in [1.82, 2.24) is 0 Å². The number of esters is 1. The Morgan fingerprint density at radius 1 is 1.32 bits per heavy atom. The molecule has 0 radical (unpaired) electrons. The van der Waals surface area contributed by atoms with Gasteiger partial charge in [0.15, 0.2) is 11.9 Å². The standard InChI is InChI=1S/C14H16O5/c1-14(2)18-9-11(19-14)12(15)13(16)17-8-10-6-4-3-5-7-10/h3-7,11H,8-9H2,1-2H3. The molecule has 0 spiro atoms. The Morgan fingerprint density at radius 2 is 2.00 bits per heavy atom. The van der Waals surface area contributed by atoms with Crippen molar-refractivity contribution >= 4 is 11.8 Å². The molecule has 1 fully saturated rings. The normalized spacial score (nSPS) is 21.1. The monoisotopic (exact) mass is 264 g/mol. The van der Waals surface area contributed by atoms with Gasteiger partial charge in [0.25, 0.3) is 5.78 Å². The van der Waals surface area contributed by atoms with E-state index in [0.29, 0.717) is 0 Å². The SMILES string of the molecule is CC1(C)OCC(C(=O)C(=O)OCc2ccccc2)O1. The van der Waals surface area contributed by atoms with E-state index < -0.39 is 23.6 Å². The molecule has 102 valence electrons. The lowest BCUT2D eigenvalue weighted by atomic mass is 10.2. The number of carbonyl (C=O) groups excluding carboxylic acids is 2. The van der Waals surface area contributed by atoms with Crippen LogP contribution in [0.3, 0.4) is 0 Å². The zero-order valence-corrected chi connectivity index (χ0v) is 10.9. The second kappa shape index (κ2) is 5.50. The highest BCUT2D eigenvalue weighted by molar-refractivity contribution is 6.35. The minimum Gasteiger partial charge on any atom is -0.455 e. The first-order chi connectivity index (χ1) is 8.98. The average molecular weight is 264 g/mol. The van der Waals surface area contributed by atoms with Gasteiger partial charge in [-0.2, -0.15) is 0 Å². The van der Waals surface area contributed by atoms with Gasteiger partial charge in [-0.05, 0) is 19.4 Å². The summed E-state index contributed by atoms with van der Waals surface area (Å²) in [7, 11) is 0. The van der Waals surface area contributed by atoms with Crippen molar-refractivity contribution in [3.05, 3.63) is 35.9 Å². The van der Waals surface area contributed by atoms with Gasteiger partial charge in [0.2, 0.25) is 0 Å². The van der Waals surface area contributed by atoms with Gasteiger partial charge in [0.1, 0.15) is 6.61 Å². The van der Waals surface area contributed by atoms with Crippen LogP contribution >= 0.6 is 0 Å². The molecule has 1 atom stereocenters. The first kappa shape index (κ1) is 13.7. The van der Waals surface area contributed by atoms with E-state index in [9.17, 15) is 9.59 Å². The lowest BCUT2D eigenvalue weighted by Crippen LogP contribution is -2.33. The molecule has 1 saturated heterocycles. The number of hydrogen-bond donors (Lipinski definition) is 0. The van der Waals surface area contributed by atoms with Gasteiger partial charge in [-0.15, -0.1) is 0 Å². The summed E-state index contributed by atoms with van der Waals surface area (Å²) < 4.78 is 15.5. The van der Waals surface area contributed by atoms with Crippen LogP contribution in [0.25, 0.3) is 0 Å². The first-order valence-corrected chi connectivity index (χ1v) is 6.04. The molecule has 1 aliphatic rings. The highest BCUT2D eigenvalue weighted by Gasteiger charge is 2.40. The number of benzene rings is 1. The molecular formula is C14H16O5. The van der Waals surface area contributed by atoms with Crippen LogP contribution in [0.4, 0.5) is 0 Å². The molecule has 1 heterocycles. The fourth-order valence-electron chi connectivity index (χ4n) is 1.74. The summed E-state index contributed by atoms with van der Waals surface area (Å²) in [6.07, 6.45) is -0.877. The number of carbonyl (C=O) groups is 2. The predicted molar refractivity (Wildman–Crippen MR) is 66.1 cm³/mol. The summed E-state index contributed by atoms with van der Waals surface area (Å²) in [4.78, 5) is 23.4. The van der Waals surface area contributed by atoms with Gasteiger partial charge >= 0.3 is 5.97 Å². The van der Waals surface area contributed by atoms with Gasteiger partial charge in [0, 0.05) is 0 Å². The fourth-order valence-corrected chi connectivity index (χ4v) is 1.74. The third-order valence-electron chi connectivity index (χ3n) is 2.71. The quantitative estimate of drug-likeness (QED) is 0.608. The number of hydrogen-bond acceptors (Lipinski definition) is 5. The molecule has 0 saturated carbocycles. The Hall–Kier alpha value is -1.72. The van der Waals surface area contributed by atoms with E-state index in [4.69, 9.17) is 14.2 Å². The van der Waals surface area contributed by atoms with Gasteiger partial charge < -0.3 is 14.2 Å². The lowest BCUT2D eigenvalue weighted by molar-refractivity contribution is -0.166. The third kappa shape index (κ3) is 3.62. The van der Waals surface area contributed by atoms with Crippen LogP contribution in [0.15, 0.2) is 30.3 Å². The number of ether oxygens (including phenoxy) is 3. The topological polar surface area (TPSA) is 61.8 Å². The van der Waals surface area contributed by atoms with E-state index >= 15 is 0 Å². The van der Waals surface area contributed by atoms with Gasteiger partial charge in [-0.3, -0.25) is 4.79 Å². The van der Waals surface area contributed by atoms with Crippen LogP contribution in [-0.2, 0) is 30.4 Å². The fraction of sp³-hybridized carbons (Fsp3) is 0.429. The zero-order valence-electron chi connectivity index (χ0n) is 10.9. The van der Waals surface area contributed by atoms with Gasteiger partial charge in [-0.25, -0.2) is 4.79 Å². The third-order valence-corrected chi connectivity index (χ3v) is 2.71. The summed E-state index contributed by atoms with van der Waals surface area (Å²) in [6, 6.07) is 9.16. The Bertz CT molecular complexity index is 466. The molecule has 5 nitrogen and oxygen atoms in total. The van der Waals surface area contributed by atoms with Crippen molar-refractivity contribution in [3.8, 4) is 0 Å². The highest BCUT2D eigenvalue weighted by Crippen LogP contribution is 2.23. The Balaban J connectivity index is 1.85. The highest BCUT2D eigenvalue weighted by atomic mass is 16.7. The smallest absolute Gasteiger partial charge is 0.377 e. The largest absolute Gasteiger partial charge is 0.455 e. The number of ketones is 1. The summed E-state index contributed by atoms with van der Waals surface area (Å²) in [5.41, 5.74) is 0.826. The molecule has 0 N–H and O–H groups in total. The summed E-state index contributed by atoms with van der Waals surface area (Å²) in [5, 5.41) is 0. The van der Waals surface area contributed by atoms with Crippen molar-refractivity contribution in [2.45, 2.75) is 32.3 Å². The van der Waals surface area contributed by atoms with Crippen molar-refractivity contribution in [1.29, 1.82) is 0 Å². The second-order valence-corrected chi connectivity index (χ2v) is 4.74. The Labute approximate surface area is 111 Å². The number of rotatable bonds is 4. The molecule has 5 heteroatoms. The molecule has 1 aliphatic heterocycles. The van der Waals surface area contributed by atoms with Crippen LogP contribution < -0.4 is 0 Å². The molecule has 0 bridgehead atoms. The summed E-state index contributed by atoms with van der Waals surface area (Å²) >= 11 is 0. The van der Waals surface area contributed by atoms with E-state index in [0.717, 1.165) is 5.56 Å². The molecule has 1 unspecified atom stereocenters. The first-order valence-electron chi connectivity index (χ1n) is 6.04. The van der Waals surface area contributed by atoms with Crippen LogP contribution in [0.1, 0.15) is 19.4 Å². The summed E-state index contributed by atoms with van der Waals surface area (Å²) in [6.45, 7) is 3.53. The van der Waals surface area contributed by atoms with Crippen molar-refractivity contribution in [3.63, 3.8) is 0 Å². The van der Waals surface area contributed by atoms with Crippen molar-refractivity contribution in [2.75, 3.05) is 6.61 Å². The second-order valence-electron chi connectivity index (χ2n) is 4.74. The predicted octanol–water partition coefficient (Wildman–Crippen LogP) is 1.45. The van der Waals surface area contributed by atoms with Crippen LogP contribution in [0.5, 0.6) is 0 Å². The maximum absolute atomic E-state index is 11.8. The molecule has 0 aromatic heterocycles. The van der Waals surface area contributed by atoms with Crippen LogP contribution in [-0.4, -0.2) is 30.3 Å². The zero-order chi connectivity index (χ0) is 13.9. The maximum Gasteiger partial charge on any atom is 0.377 e. The van der Waals surface area contributed by atoms with Crippen LogP contribution in [0.2, 0.25) is 0 Å². The van der Waals surface area contributed by atoms with E-state index in [1.165, 1.54) is 0 Å². The molecule has 0 amide bonds. The summed E-state index contributed by atoms with van der Waals surface area (Å²) in [5.74, 6) is -2.43. The van der Waals surface area contributed by atoms with E-state index in [1.807, 2.05) is 30.3 Å². The molecule has 1 aromatic rings. The molecule has 19 heavy (non-hydrogen) atoms. The molecule has 1 aromatic carbocycles. The van der Waals surface area contributed by atoms with Crippen molar-refractivity contribution in [2.24, 2.45) is 0 Å². The van der Waals surface area contributed by atoms with E-state index in [-0.39, 0.29) is 13.2 Å². The number of Topliss-reactive ketones (excluding diaryl/α,β-unsaturated/α-hetero) is 1. The van der Waals surface area contributed by atoms with E-state index in [2.05, 4.69) is 0 Å². The lowest BCUT2D eigenvalue weighted by Gasteiger charge is -2.16. The molecular weight excluding hydrogens is 248 g/mol. The molecule has 0 aliphatic carbocycles. The minimum atomic E-state index is -0.893. The van der Waals surface area contributed by atoms with Gasteiger partial charge in [0.05, 0.1) is 6.61 Å². The van der Waals surface area contributed by atoms with Gasteiger partial charge in [-0.1, -0.05) is 30.3 Å². The van der Waals surface area contributed by atoms with Crippen LogP contribution in [0, 0.1) is 0 Å². The van der Waals surface area contributed by atoms with Crippen molar-refractivity contribution < 1.29 is 23.8 Å². The Kier molecular flexibility index (Phi) is 3.97. The minimum absolute atomic E-state index is 0.0718.